The lowest BCUT2D eigenvalue weighted by molar-refractivity contribution is 0.0941. The highest BCUT2D eigenvalue weighted by molar-refractivity contribution is 7.10. The number of hydrogen-bond acceptors (Lipinski definition) is 7. The van der Waals surface area contributed by atoms with Gasteiger partial charge in [-0.2, -0.15) is 0 Å². The Morgan fingerprint density at radius 2 is 1.80 bits per heavy atom. The Labute approximate surface area is 240 Å². The summed E-state index contributed by atoms with van der Waals surface area (Å²) in [7, 11) is 0. The molecule has 1 atom stereocenters. The number of nitrogen functional groups attached to an aromatic ring is 1. The number of para-hydroxylation sites is 1. The molecule has 0 bridgehead atoms. The third-order valence-corrected chi connectivity index (χ3v) is 7.22. The molecule has 0 radical (unpaired) electrons. The van der Waals surface area contributed by atoms with Crippen LogP contribution in [-0.2, 0) is 0 Å². The first-order valence-corrected chi connectivity index (χ1v) is 13.3. The summed E-state index contributed by atoms with van der Waals surface area (Å²) in [6, 6.07) is 19.8. The standard InChI is InChI=1S/C31H22N6O2S.CH4/c1-19(36-30(38)27-28-22(9-6-14-34-28)16-35-29(27)32)25-15-21-8-5-7-20(12-13-24-17-33-18-40-24)26(21)31(39)37(25)23-10-3-2-4-11-23;/h2-11,14-19H,1H3,(H2,32,35)(H,36,38);1H4/t19-;/m0./s1. The molecule has 202 valence electrons. The van der Waals surface area contributed by atoms with Crippen LogP contribution in [0.5, 0.6) is 0 Å². The van der Waals surface area contributed by atoms with Crippen molar-refractivity contribution in [2.45, 2.75) is 20.4 Å². The van der Waals surface area contributed by atoms with E-state index in [1.54, 1.807) is 34.7 Å². The number of carbonyl (C=O) groups excluding carboxylic acids is 1. The zero-order chi connectivity index (χ0) is 27.6. The van der Waals surface area contributed by atoms with Crippen LogP contribution in [0.15, 0.2) is 95.6 Å². The number of anilines is 1. The number of benzene rings is 2. The molecule has 1 amide bonds. The van der Waals surface area contributed by atoms with E-state index in [9.17, 15) is 9.59 Å². The van der Waals surface area contributed by atoms with Gasteiger partial charge in [0.1, 0.15) is 11.4 Å². The molecular weight excluding hydrogens is 532 g/mol. The van der Waals surface area contributed by atoms with Crippen molar-refractivity contribution >= 4 is 44.7 Å². The zero-order valence-corrected chi connectivity index (χ0v) is 22.1. The zero-order valence-electron chi connectivity index (χ0n) is 21.3. The fourth-order valence-corrected chi connectivity index (χ4v) is 5.14. The number of nitrogens with one attached hydrogen (secondary N) is 1. The van der Waals surface area contributed by atoms with Gasteiger partial charge >= 0.3 is 0 Å². The predicted octanol–water partition coefficient (Wildman–Crippen LogP) is 5.50. The molecule has 2 aromatic carbocycles. The molecule has 0 spiro atoms. The minimum absolute atomic E-state index is 0. The van der Waals surface area contributed by atoms with Crippen molar-refractivity contribution in [3.05, 3.63) is 123 Å². The average Bonchev–Trinajstić information content (AvgIpc) is 3.50. The summed E-state index contributed by atoms with van der Waals surface area (Å²) in [4.78, 5) is 41.1. The van der Waals surface area contributed by atoms with E-state index in [1.165, 1.54) is 11.3 Å². The molecule has 0 aliphatic heterocycles. The Bertz CT molecular complexity index is 2010. The molecule has 0 fully saturated rings. The van der Waals surface area contributed by atoms with Gasteiger partial charge in [0.2, 0.25) is 0 Å². The van der Waals surface area contributed by atoms with Crippen LogP contribution >= 0.6 is 11.3 Å². The molecule has 6 rings (SSSR count). The highest BCUT2D eigenvalue weighted by Crippen LogP contribution is 2.25. The summed E-state index contributed by atoms with van der Waals surface area (Å²) in [5, 5.41) is 4.93. The summed E-state index contributed by atoms with van der Waals surface area (Å²) < 4.78 is 1.62. The van der Waals surface area contributed by atoms with Crippen molar-refractivity contribution in [1.29, 1.82) is 0 Å². The predicted molar refractivity (Wildman–Crippen MR) is 164 cm³/mol. The fourth-order valence-electron chi connectivity index (χ4n) is 4.68. The second-order valence-corrected chi connectivity index (χ2v) is 9.97. The first-order valence-electron chi connectivity index (χ1n) is 12.5. The van der Waals surface area contributed by atoms with Gasteiger partial charge in [-0.15, -0.1) is 11.3 Å². The van der Waals surface area contributed by atoms with Crippen LogP contribution in [0.25, 0.3) is 27.4 Å². The van der Waals surface area contributed by atoms with Crippen LogP contribution in [0.3, 0.4) is 0 Å². The van der Waals surface area contributed by atoms with Crippen LogP contribution in [0, 0.1) is 11.8 Å². The maximum absolute atomic E-state index is 14.2. The molecule has 0 aliphatic rings. The Hall–Kier alpha value is -5.33. The molecular formula is C32H26N6O2S. The topological polar surface area (TPSA) is 116 Å². The Morgan fingerprint density at radius 3 is 2.59 bits per heavy atom. The number of thiazole rings is 1. The molecule has 4 heterocycles. The number of nitrogens with two attached hydrogens (primary N) is 1. The van der Waals surface area contributed by atoms with E-state index in [1.807, 2.05) is 67.6 Å². The summed E-state index contributed by atoms with van der Waals surface area (Å²) in [6.45, 7) is 1.83. The van der Waals surface area contributed by atoms with Crippen molar-refractivity contribution < 1.29 is 4.79 Å². The van der Waals surface area contributed by atoms with E-state index >= 15 is 0 Å². The van der Waals surface area contributed by atoms with Gasteiger partial charge in [0.25, 0.3) is 11.5 Å². The van der Waals surface area contributed by atoms with Gasteiger partial charge in [0.15, 0.2) is 0 Å². The minimum atomic E-state index is -0.574. The third kappa shape index (κ3) is 5.16. The minimum Gasteiger partial charge on any atom is -0.383 e. The van der Waals surface area contributed by atoms with E-state index in [4.69, 9.17) is 5.73 Å². The molecule has 9 heteroatoms. The van der Waals surface area contributed by atoms with Crippen LogP contribution < -0.4 is 16.6 Å². The van der Waals surface area contributed by atoms with Gasteiger partial charge in [-0.3, -0.25) is 24.1 Å². The Balaban J connectivity index is 0.00000337. The summed E-state index contributed by atoms with van der Waals surface area (Å²) in [5.74, 6) is 5.89. The largest absolute Gasteiger partial charge is 0.383 e. The summed E-state index contributed by atoms with van der Waals surface area (Å²) >= 11 is 1.44. The Kier molecular flexibility index (Phi) is 7.59. The summed E-state index contributed by atoms with van der Waals surface area (Å²) in [6.07, 6.45) is 4.89. The van der Waals surface area contributed by atoms with Gasteiger partial charge < -0.3 is 11.1 Å². The van der Waals surface area contributed by atoms with Crippen LogP contribution in [0.1, 0.15) is 46.9 Å². The van der Waals surface area contributed by atoms with E-state index in [0.29, 0.717) is 33.2 Å². The van der Waals surface area contributed by atoms with Crippen LogP contribution in [-0.4, -0.2) is 25.4 Å². The van der Waals surface area contributed by atoms with Crippen LogP contribution in [0.4, 0.5) is 5.82 Å². The molecule has 0 saturated carbocycles. The first kappa shape index (κ1) is 27.2. The molecule has 3 N–H and O–H groups in total. The molecule has 0 aliphatic carbocycles. The van der Waals surface area contributed by atoms with Gasteiger partial charge in [-0.25, -0.2) is 4.98 Å². The number of nitrogens with zero attached hydrogens (tertiary/aromatic N) is 4. The third-order valence-electron chi connectivity index (χ3n) is 6.54. The average molecular weight is 559 g/mol. The smallest absolute Gasteiger partial charge is 0.264 e. The van der Waals surface area contributed by atoms with Gasteiger partial charge in [-0.05, 0) is 54.6 Å². The Morgan fingerprint density at radius 1 is 1.00 bits per heavy atom. The maximum atomic E-state index is 14.2. The quantitative estimate of drug-likeness (QED) is 0.276. The van der Waals surface area contributed by atoms with Crippen molar-refractivity contribution in [1.82, 2.24) is 24.8 Å². The number of hydrogen-bond donors (Lipinski definition) is 2. The highest BCUT2D eigenvalue weighted by atomic mass is 32.1. The molecule has 8 nitrogen and oxygen atoms in total. The molecule has 41 heavy (non-hydrogen) atoms. The lowest BCUT2D eigenvalue weighted by Crippen LogP contribution is -2.33. The highest BCUT2D eigenvalue weighted by Gasteiger charge is 2.22. The van der Waals surface area contributed by atoms with E-state index in [-0.39, 0.29) is 24.4 Å². The van der Waals surface area contributed by atoms with Crippen molar-refractivity contribution in [2.24, 2.45) is 0 Å². The first-order chi connectivity index (χ1) is 19.5. The van der Waals surface area contributed by atoms with Crippen molar-refractivity contribution in [2.75, 3.05) is 5.73 Å². The fraction of sp³-hybridized carbons (Fsp3) is 0.0938. The van der Waals surface area contributed by atoms with Gasteiger partial charge in [0, 0.05) is 34.7 Å². The van der Waals surface area contributed by atoms with Gasteiger partial charge in [0.05, 0.1) is 33.5 Å². The second kappa shape index (κ2) is 11.4. The normalized spacial score (nSPS) is 11.3. The lowest BCUT2D eigenvalue weighted by atomic mass is 10.0. The molecule has 6 aromatic rings. The number of amides is 1. The number of aromatic nitrogens is 4. The van der Waals surface area contributed by atoms with Crippen molar-refractivity contribution in [3.8, 4) is 17.5 Å². The van der Waals surface area contributed by atoms with Crippen LogP contribution in [0.2, 0.25) is 0 Å². The SMILES string of the molecule is C.C[C@H](NC(=O)c1c(N)ncc2cccnc12)c1cc2cccc(C#Cc3cncs3)c2c(=O)n1-c1ccccc1. The number of pyridine rings is 3. The summed E-state index contributed by atoms with van der Waals surface area (Å²) in [5.41, 5.74) is 10.1. The molecule has 0 unspecified atom stereocenters. The van der Waals surface area contributed by atoms with Crippen molar-refractivity contribution in [3.63, 3.8) is 0 Å². The van der Waals surface area contributed by atoms with Gasteiger partial charge in [-0.1, -0.05) is 43.7 Å². The second-order valence-electron chi connectivity index (χ2n) is 9.09. The van der Waals surface area contributed by atoms with E-state index in [2.05, 4.69) is 32.1 Å². The maximum Gasteiger partial charge on any atom is 0.264 e. The number of carbonyl (C=O) groups is 1. The lowest BCUT2D eigenvalue weighted by Gasteiger charge is -2.21. The van der Waals surface area contributed by atoms with E-state index in [0.717, 1.165) is 10.3 Å². The number of rotatable bonds is 4. The molecule has 4 aromatic heterocycles. The van der Waals surface area contributed by atoms with E-state index < -0.39 is 11.9 Å². The number of fused-ring (bicyclic) bond motifs is 2. The monoisotopic (exact) mass is 558 g/mol. The molecule has 0 saturated heterocycles.